The third-order valence-corrected chi connectivity index (χ3v) is 2.98. The molecule has 0 saturated heterocycles. The van der Waals surface area contributed by atoms with Gasteiger partial charge in [-0.3, -0.25) is 0 Å². The van der Waals surface area contributed by atoms with Gasteiger partial charge in [-0.1, -0.05) is 30.3 Å². The number of aliphatic imine (C=N–C) groups is 1. The van der Waals surface area contributed by atoms with E-state index in [4.69, 9.17) is 9.47 Å². The number of fused-ring (bicyclic) bond motifs is 1. The summed E-state index contributed by atoms with van der Waals surface area (Å²) in [6, 6.07) is 13.8. The molecular formula is C16H13NO3. The maximum atomic E-state index is 11.6. The molecule has 0 aliphatic carbocycles. The van der Waals surface area contributed by atoms with Crippen LogP contribution in [0.15, 0.2) is 59.4 Å². The Morgan fingerprint density at radius 3 is 2.80 bits per heavy atom. The number of ether oxygens (including phenoxy) is 2. The fourth-order valence-electron chi connectivity index (χ4n) is 2.00. The highest BCUT2D eigenvalue weighted by Gasteiger charge is 2.24. The summed E-state index contributed by atoms with van der Waals surface area (Å²) in [4.78, 5) is 15.8. The van der Waals surface area contributed by atoms with Crippen molar-refractivity contribution >= 4 is 22.6 Å². The maximum Gasteiger partial charge on any atom is 0.367 e. The van der Waals surface area contributed by atoms with E-state index < -0.39 is 5.97 Å². The molecule has 2 aromatic rings. The molecule has 0 unspecified atom stereocenters. The first-order chi connectivity index (χ1) is 9.78. The number of nitrogens with zero attached hydrogens (tertiary/aromatic N) is 1. The molecule has 1 heterocycles. The lowest BCUT2D eigenvalue weighted by Gasteiger charge is -2.02. The average Bonchev–Trinajstić information content (AvgIpc) is 2.86. The quantitative estimate of drug-likeness (QED) is 0.488. The molecule has 0 aromatic heterocycles. The Hall–Kier alpha value is -2.62. The van der Waals surface area contributed by atoms with Crippen LogP contribution in [0.1, 0.15) is 12.5 Å². The molecule has 0 N–H and O–H groups in total. The van der Waals surface area contributed by atoms with Crippen molar-refractivity contribution in [3.63, 3.8) is 0 Å². The topological polar surface area (TPSA) is 47.9 Å². The number of esters is 1. The van der Waals surface area contributed by atoms with Gasteiger partial charge in [0.25, 0.3) is 0 Å². The second-order valence-corrected chi connectivity index (χ2v) is 4.33. The Morgan fingerprint density at radius 1 is 1.20 bits per heavy atom. The van der Waals surface area contributed by atoms with Crippen molar-refractivity contribution in [3.8, 4) is 0 Å². The van der Waals surface area contributed by atoms with Crippen molar-refractivity contribution in [2.45, 2.75) is 6.92 Å². The highest BCUT2D eigenvalue weighted by Crippen LogP contribution is 2.20. The number of cyclic esters (lactones) is 1. The molecule has 0 bridgehead atoms. The first kappa shape index (κ1) is 12.4. The number of carbonyl (C=O) groups is 1. The fraction of sp³-hybridized carbons (Fsp3) is 0.125. The van der Waals surface area contributed by atoms with Crippen LogP contribution < -0.4 is 0 Å². The Kier molecular flexibility index (Phi) is 3.21. The Labute approximate surface area is 116 Å². The molecule has 20 heavy (non-hydrogen) atoms. The van der Waals surface area contributed by atoms with Crippen molar-refractivity contribution in [2.24, 2.45) is 4.99 Å². The van der Waals surface area contributed by atoms with Gasteiger partial charge in [-0.05, 0) is 29.8 Å². The molecule has 0 saturated carbocycles. The average molecular weight is 267 g/mol. The molecule has 4 heteroatoms. The van der Waals surface area contributed by atoms with E-state index in [1.807, 2.05) is 49.4 Å². The number of hydrogen-bond acceptors (Lipinski definition) is 4. The van der Waals surface area contributed by atoms with E-state index >= 15 is 0 Å². The normalized spacial score (nSPS) is 16.4. The van der Waals surface area contributed by atoms with Gasteiger partial charge in [0.05, 0.1) is 6.61 Å². The van der Waals surface area contributed by atoms with Gasteiger partial charge in [0.1, 0.15) is 6.26 Å². The van der Waals surface area contributed by atoms with Crippen molar-refractivity contribution in [1.29, 1.82) is 0 Å². The van der Waals surface area contributed by atoms with Gasteiger partial charge >= 0.3 is 5.97 Å². The van der Waals surface area contributed by atoms with Crippen LogP contribution in [0, 0.1) is 0 Å². The molecule has 100 valence electrons. The molecule has 0 fully saturated rings. The first-order valence-electron chi connectivity index (χ1n) is 6.40. The van der Waals surface area contributed by atoms with Gasteiger partial charge in [-0.2, -0.15) is 0 Å². The van der Waals surface area contributed by atoms with Gasteiger partial charge in [0.2, 0.25) is 5.90 Å². The molecule has 0 spiro atoms. The third-order valence-electron chi connectivity index (χ3n) is 2.98. The summed E-state index contributed by atoms with van der Waals surface area (Å²) in [6.07, 6.45) is 1.33. The van der Waals surface area contributed by atoms with Crippen molar-refractivity contribution in [1.82, 2.24) is 0 Å². The summed E-state index contributed by atoms with van der Waals surface area (Å²) < 4.78 is 10.2. The largest absolute Gasteiger partial charge is 0.499 e. The van der Waals surface area contributed by atoms with E-state index in [1.165, 1.54) is 6.26 Å². The van der Waals surface area contributed by atoms with Crippen LogP contribution in [-0.4, -0.2) is 18.5 Å². The monoisotopic (exact) mass is 267 g/mol. The Balaban J connectivity index is 1.97. The van der Waals surface area contributed by atoms with E-state index in [-0.39, 0.29) is 5.70 Å². The number of rotatable bonds is 3. The summed E-state index contributed by atoms with van der Waals surface area (Å²) in [5.74, 6) is -0.173. The zero-order valence-electron chi connectivity index (χ0n) is 11.0. The number of carbonyl (C=O) groups excluding carboxylic acids is 1. The molecule has 2 aromatic carbocycles. The summed E-state index contributed by atoms with van der Waals surface area (Å²) in [6.45, 7) is 2.32. The second-order valence-electron chi connectivity index (χ2n) is 4.33. The van der Waals surface area contributed by atoms with Crippen LogP contribution in [0.4, 0.5) is 0 Å². The van der Waals surface area contributed by atoms with E-state index in [9.17, 15) is 4.79 Å². The molecule has 1 aliphatic heterocycles. The Morgan fingerprint density at radius 2 is 2.00 bits per heavy atom. The lowest BCUT2D eigenvalue weighted by molar-refractivity contribution is -0.130. The molecule has 3 rings (SSSR count). The predicted molar refractivity (Wildman–Crippen MR) is 76.3 cm³/mol. The fourth-order valence-corrected chi connectivity index (χ4v) is 2.00. The number of benzene rings is 2. The van der Waals surface area contributed by atoms with Gasteiger partial charge in [-0.25, -0.2) is 9.79 Å². The molecule has 0 atom stereocenters. The van der Waals surface area contributed by atoms with Crippen molar-refractivity contribution < 1.29 is 14.3 Å². The third kappa shape index (κ3) is 2.28. The van der Waals surface area contributed by atoms with E-state index in [1.54, 1.807) is 0 Å². The van der Waals surface area contributed by atoms with Crippen LogP contribution in [0.5, 0.6) is 0 Å². The van der Waals surface area contributed by atoms with E-state index in [0.717, 1.165) is 16.3 Å². The SMILES string of the molecule is CCOC=C1N=C(c2ccc3ccccc3c2)OC1=O. The van der Waals surface area contributed by atoms with Gasteiger partial charge in [0, 0.05) is 5.56 Å². The summed E-state index contributed by atoms with van der Waals surface area (Å²) in [5, 5.41) is 2.21. The smallest absolute Gasteiger partial charge is 0.367 e. The highest BCUT2D eigenvalue weighted by molar-refractivity contribution is 6.12. The molecule has 0 amide bonds. The van der Waals surface area contributed by atoms with Crippen LogP contribution >= 0.6 is 0 Å². The maximum absolute atomic E-state index is 11.6. The molecule has 4 nitrogen and oxygen atoms in total. The van der Waals surface area contributed by atoms with E-state index in [2.05, 4.69) is 4.99 Å². The van der Waals surface area contributed by atoms with Crippen LogP contribution in [0.25, 0.3) is 10.8 Å². The summed E-state index contributed by atoms with van der Waals surface area (Å²) in [5.41, 5.74) is 0.965. The van der Waals surface area contributed by atoms with Crippen LogP contribution in [0.2, 0.25) is 0 Å². The zero-order valence-corrected chi connectivity index (χ0v) is 11.0. The summed E-state index contributed by atoms with van der Waals surface area (Å²) in [7, 11) is 0. The Bertz CT molecular complexity index is 731. The standard InChI is InChI=1S/C16H13NO3/c1-2-19-10-14-16(18)20-15(17-14)13-8-7-11-5-3-4-6-12(11)9-13/h3-10H,2H2,1H3. The molecular weight excluding hydrogens is 254 g/mol. The van der Waals surface area contributed by atoms with E-state index in [0.29, 0.717) is 12.5 Å². The molecule has 1 aliphatic rings. The lowest BCUT2D eigenvalue weighted by atomic mass is 10.1. The lowest BCUT2D eigenvalue weighted by Crippen LogP contribution is -2.05. The predicted octanol–water partition coefficient (Wildman–Crippen LogP) is 3.02. The van der Waals surface area contributed by atoms with Gasteiger partial charge < -0.3 is 9.47 Å². The van der Waals surface area contributed by atoms with Crippen LogP contribution in [-0.2, 0) is 14.3 Å². The second kappa shape index (κ2) is 5.17. The first-order valence-corrected chi connectivity index (χ1v) is 6.40. The molecule has 0 radical (unpaired) electrons. The van der Waals surface area contributed by atoms with Crippen molar-refractivity contribution in [2.75, 3.05) is 6.61 Å². The summed E-state index contributed by atoms with van der Waals surface area (Å²) >= 11 is 0. The van der Waals surface area contributed by atoms with Gasteiger partial charge in [0.15, 0.2) is 5.70 Å². The number of hydrogen-bond donors (Lipinski definition) is 0. The zero-order chi connectivity index (χ0) is 13.9. The minimum Gasteiger partial charge on any atom is -0.499 e. The van der Waals surface area contributed by atoms with Gasteiger partial charge in [-0.15, -0.1) is 0 Å². The highest BCUT2D eigenvalue weighted by atomic mass is 16.6. The minimum absolute atomic E-state index is 0.190. The van der Waals surface area contributed by atoms with Crippen LogP contribution in [0.3, 0.4) is 0 Å². The minimum atomic E-state index is -0.485. The van der Waals surface area contributed by atoms with Crippen molar-refractivity contribution in [3.05, 3.63) is 60.0 Å².